The minimum absolute atomic E-state index is 0.204. The highest BCUT2D eigenvalue weighted by Crippen LogP contribution is 2.11. The van der Waals surface area contributed by atoms with Gasteiger partial charge in [0, 0.05) is 12.8 Å². The van der Waals surface area contributed by atoms with E-state index >= 15 is 0 Å². The Labute approximate surface area is 91.9 Å². The number of ether oxygens (including phenoxy) is 1. The first-order valence-corrected chi connectivity index (χ1v) is 5.51. The third kappa shape index (κ3) is 3.98. The predicted octanol–water partition coefficient (Wildman–Crippen LogP) is 2.08. The molecule has 0 fully saturated rings. The van der Waals surface area contributed by atoms with E-state index in [4.69, 9.17) is 4.74 Å². The van der Waals surface area contributed by atoms with E-state index in [1.807, 2.05) is 19.2 Å². The Balaban J connectivity index is 2.69. The van der Waals surface area contributed by atoms with Crippen LogP contribution in [0.1, 0.15) is 31.1 Å². The maximum Gasteiger partial charge on any atom is 0.0732 e. The number of likely N-dealkylation sites (N-methyl/N-ethyl adjacent to an activating group) is 1. The summed E-state index contributed by atoms with van der Waals surface area (Å²) in [6.07, 6.45) is 1.85. The monoisotopic (exact) mass is 208 g/mol. The summed E-state index contributed by atoms with van der Waals surface area (Å²) in [4.78, 5) is 4.37. The van der Waals surface area contributed by atoms with Gasteiger partial charge in [-0.1, -0.05) is 6.92 Å². The molecule has 1 N–H and O–H groups in total. The molecule has 3 nitrogen and oxygen atoms in total. The van der Waals surface area contributed by atoms with Gasteiger partial charge in [0.1, 0.15) is 0 Å². The van der Waals surface area contributed by atoms with E-state index < -0.39 is 0 Å². The van der Waals surface area contributed by atoms with Gasteiger partial charge in [0.2, 0.25) is 0 Å². The Morgan fingerprint density at radius 3 is 2.87 bits per heavy atom. The highest BCUT2D eigenvalue weighted by Gasteiger charge is 2.11. The van der Waals surface area contributed by atoms with Gasteiger partial charge in [-0.05, 0) is 38.1 Å². The average molecular weight is 208 g/mol. The average Bonchev–Trinajstić information content (AvgIpc) is 2.24. The molecule has 0 aromatic carbocycles. The molecule has 0 spiro atoms. The second-order valence-electron chi connectivity index (χ2n) is 3.53. The molecule has 0 amide bonds. The summed E-state index contributed by atoms with van der Waals surface area (Å²) in [7, 11) is 0. The van der Waals surface area contributed by atoms with Crippen molar-refractivity contribution in [1.82, 2.24) is 10.3 Å². The van der Waals surface area contributed by atoms with E-state index in [9.17, 15) is 0 Å². The van der Waals surface area contributed by atoms with Crippen LogP contribution < -0.4 is 5.32 Å². The van der Waals surface area contributed by atoms with Gasteiger partial charge in [-0.15, -0.1) is 0 Å². The molecule has 0 saturated carbocycles. The minimum Gasteiger partial charge on any atom is -0.380 e. The Morgan fingerprint density at radius 1 is 1.47 bits per heavy atom. The molecule has 0 aliphatic heterocycles. The van der Waals surface area contributed by atoms with Crippen molar-refractivity contribution >= 4 is 0 Å². The van der Waals surface area contributed by atoms with Crippen molar-refractivity contribution in [2.45, 2.75) is 26.8 Å². The Kier molecular flexibility index (Phi) is 5.29. The second kappa shape index (κ2) is 6.53. The summed E-state index contributed by atoms with van der Waals surface area (Å²) in [6.45, 7) is 8.53. The van der Waals surface area contributed by atoms with E-state index in [1.165, 1.54) is 5.56 Å². The molecule has 84 valence electrons. The van der Waals surface area contributed by atoms with Crippen molar-refractivity contribution in [1.29, 1.82) is 0 Å². The summed E-state index contributed by atoms with van der Waals surface area (Å²) in [6, 6.07) is 4.31. The van der Waals surface area contributed by atoms with E-state index in [-0.39, 0.29) is 6.04 Å². The van der Waals surface area contributed by atoms with Gasteiger partial charge in [0.05, 0.1) is 18.3 Å². The number of aromatic nitrogens is 1. The van der Waals surface area contributed by atoms with Crippen LogP contribution in [0.15, 0.2) is 18.3 Å². The Morgan fingerprint density at radius 2 is 2.27 bits per heavy atom. The van der Waals surface area contributed by atoms with Crippen LogP contribution in [-0.2, 0) is 4.74 Å². The third-order valence-electron chi connectivity index (χ3n) is 2.23. The quantitative estimate of drug-likeness (QED) is 0.777. The van der Waals surface area contributed by atoms with Crippen molar-refractivity contribution in [3.05, 3.63) is 29.6 Å². The molecule has 1 atom stereocenters. The molecular formula is C12H20N2O. The van der Waals surface area contributed by atoms with Crippen LogP contribution in [-0.4, -0.2) is 24.7 Å². The van der Waals surface area contributed by atoms with E-state index in [1.54, 1.807) is 0 Å². The zero-order valence-electron chi connectivity index (χ0n) is 9.79. The normalized spacial score (nSPS) is 12.7. The van der Waals surface area contributed by atoms with Crippen LogP contribution in [0.5, 0.6) is 0 Å². The maximum atomic E-state index is 5.44. The first-order valence-electron chi connectivity index (χ1n) is 5.51. The Bertz CT molecular complexity index is 289. The summed E-state index contributed by atoms with van der Waals surface area (Å²) >= 11 is 0. The summed E-state index contributed by atoms with van der Waals surface area (Å²) in [5, 5.41) is 3.37. The third-order valence-corrected chi connectivity index (χ3v) is 2.23. The second-order valence-corrected chi connectivity index (χ2v) is 3.53. The minimum atomic E-state index is 0.204. The molecule has 1 unspecified atom stereocenters. The summed E-state index contributed by atoms with van der Waals surface area (Å²) in [5.41, 5.74) is 2.30. The van der Waals surface area contributed by atoms with Gasteiger partial charge in [-0.2, -0.15) is 0 Å². The lowest BCUT2D eigenvalue weighted by Gasteiger charge is -2.17. The number of hydrogen-bond donors (Lipinski definition) is 1. The number of pyridine rings is 1. The topological polar surface area (TPSA) is 34.1 Å². The molecule has 3 heteroatoms. The zero-order chi connectivity index (χ0) is 11.1. The number of nitrogens with zero attached hydrogens (tertiary/aromatic N) is 1. The lowest BCUT2D eigenvalue weighted by Crippen LogP contribution is -2.26. The fourth-order valence-corrected chi connectivity index (χ4v) is 1.48. The van der Waals surface area contributed by atoms with Crippen LogP contribution in [0, 0.1) is 6.92 Å². The largest absolute Gasteiger partial charge is 0.380 e. The number of hydrogen-bond acceptors (Lipinski definition) is 3. The van der Waals surface area contributed by atoms with Gasteiger partial charge in [-0.3, -0.25) is 4.98 Å². The molecule has 1 aromatic rings. The number of rotatable bonds is 6. The van der Waals surface area contributed by atoms with Crippen molar-refractivity contribution in [3.8, 4) is 0 Å². The molecule has 0 aliphatic carbocycles. The first-order chi connectivity index (χ1) is 7.27. The van der Waals surface area contributed by atoms with Crippen LogP contribution in [0.4, 0.5) is 0 Å². The fourth-order valence-electron chi connectivity index (χ4n) is 1.48. The maximum absolute atomic E-state index is 5.44. The van der Waals surface area contributed by atoms with Crippen molar-refractivity contribution < 1.29 is 4.74 Å². The van der Waals surface area contributed by atoms with Crippen LogP contribution in [0.3, 0.4) is 0 Å². The number of nitrogens with one attached hydrogen (secondary N) is 1. The lowest BCUT2D eigenvalue weighted by atomic mass is 10.1. The Hall–Kier alpha value is -0.930. The summed E-state index contributed by atoms with van der Waals surface area (Å²) < 4.78 is 5.44. The molecule has 1 rings (SSSR count). The number of aryl methyl sites for hydroxylation is 1. The molecule has 0 aliphatic rings. The van der Waals surface area contributed by atoms with E-state index in [2.05, 4.69) is 30.2 Å². The van der Waals surface area contributed by atoms with E-state index in [0.717, 1.165) is 18.8 Å². The van der Waals surface area contributed by atoms with Crippen molar-refractivity contribution in [2.24, 2.45) is 0 Å². The van der Waals surface area contributed by atoms with Crippen LogP contribution in [0.25, 0.3) is 0 Å². The molecule has 0 radical (unpaired) electrons. The van der Waals surface area contributed by atoms with Gasteiger partial charge in [-0.25, -0.2) is 0 Å². The SMILES string of the molecule is CCNC(COCC)c1cc(C)ccn1. The highest BCUT2D eigenvalue weighted by molar-refractivity contribution is 5.17. The molecule has 0 bridgehead atoms. The van der Waals surface area contributed by atoms with Crippen molar-refractivity contribution in [2.75, 3.05) is 19.8 Å². The molecule has 0 saturated heterocycles. The van der Waals surface area contributed by atoms with Gasteiger partial charge in [0.25, 0.3) is 0 Å². The van der Waals surface area contributed by atoms with Crippen LogP contribution >= 0.6 is 0 Å². The molecular weight excluding hydrogens is 188 g/mol. The highest BCUT2D eigenvalue weighted by atomic mass is 16.5. The summed E-state index contributed by atoms with van der Waals surface area (Å²) in [5.74, 6) is 0. The van der Waals surface area contributed by atoms with Gasteiger partial charge in [0.15, 0.2) is 0 Å². The standard InChI is InChI=1S/C12H20N2O/c1-4-13-12(9-15-5-2)11-8-10(3)6-7-14-11/h6-8,12-13H,4-5,9H2,1-3H3. The molecule has 15 heavy (non-hydrogen) atoms. The smallest absolute Gasteiger partial charge is 0.0732 e. The lowest BCUT2D eigenvalue weighted by molar-refractivity contribution is 0.122. The van der Waals surface area contributed by atoms with Gasteiger partial charge < -0.3 is 10.1 Å². The van der Waals surface area contributed by atoms with E-state index in [0.29, 0.717) is 6.61 Å². The van der Waals surface area contributed by atoms with Crippen LogP contribution in [0.2, 0.25) is 0 Å². The zero-order valence-corrected chi connectivity index (χ0v) is 9.79. The van der Waals surface area contributed by atoms with Crippen molar-refractivity contribution in [3.63, 3.8) is 0 Å². The molecule has 1 aromatic heterocycles. The molecule has 1 heterocycles. The first kappa shape index (κ1) is 12.1. The fraction of sp³-hybridized carbons (Fsp3) is 0.583. The van der Waals surface area contributed by atoms with Gasteiger partial charge >= 0.3 is 0 Å². The predicted molar refractivity (Wildman–Crippen MR) is 61.9 cm³/mol.